The number of hydrogen-bond acceptors (Lipinski definition) is 3. The summed E-state index contributed by atoms with van der Waals surface area (Å²) in [6.07, 6.45) is -0.236. The molecular formula is C16H15Cl2NO2. The Hall–Kier alpha value is -1.71. The van der Waals surface area contributed by atoms with Crippen molar-refractivity contribution >= 4 is 34.9 Å². The Morgan fingerprint density at radius 1 is 1.14 bits per heavy atom. The summed E-state index contributed by atoms with van der Waals surface area (Å²) in [7, 11) is 0. The van der Waals surface area contributed by atoms with Crippen molar-refractivity contribution in [1.29, 1.82) is 0 Å². The molecule has 2 rings (SSSR count). The van der Waals surface area contributed by atoms with Gasteiger partial charge in [-0.25, -0.2) is 4.79 Å². The van der Waals surface area contributed by atoms with Crippen molar-refractivity contribution in [2.45, 2.75) is 20.0 Å². The van der Waals surface area contributed by atoms with E-state index in [9.17, 15) is 4.79 Å². The normalized spacial score (nSPS) is 10.7. The molecular weight excluding hydrogens is 309 g/mol. The molecule has 0 radical (unpaired) electrons. The van der Waals surface area contributed by atoms with Crippen molar-refractivity contribution in [2.75, 3.05) is 5.73 Å². The molecule has 0 spiro atoms. The molecule has 0 fully saturated rings. The zero-order valence-corrected chi connectivity index (χ0v) is 13.2. The first-order chi connectivity index (χ1) is 9.90. The van der Waals surface area contributed by atoms with Crippen LogP contribution in [-0.2, 0) is 4.74 Å². The Labute approximate surface area is 133 Å². The lowest BCUT2D eigenvalue weighted by atomic mass is 10.00. The maximum absolute atomic E-state index is 12.1. The fourth-order valence-corrected chi connectivity index (χ4v) is 2.42. The van der Waals surface area contributed by atoms with E-state index in [0.29, 0.717) is 21.3 Å². The highest BCUT2D eigenvalue weighted by Crippen LogP contribution is 2.36. The molecule has 0 heterocycles. The second-order valence-electron chi connectivity index (χ2n) is 4.85. The van der Waals surface area contributed by atoms with Crippen LogP contribution in [0.2, 0.25) is 10.0 Å². The van der Waals surface area contributed by atoms with Gasteiger partial charge in [0.1, 0.15) is 0 Å². The highest BCUT2D eigenvalue weighted by atomic mass is 35.5. The van der Waals surface area contributed by atoms with Gasteiger partial charge in [0.2, 0.25) is 0 Å². The predicted octanol–water partition coefficient (Wildman–Crippen LogP) is 4.81. The van der Waals surface area contributed by atoms with E-state index in [0.717, 1.165) is 5.56 Å². The van der Waals surface area contributed by atoms with Gasteiger partial charge >= 0.3 is 5.97 Å². The molecule has 2 aromatic carbocycles. The Kier molecular flexibility index (Phi) is 4.76. The molecule has 0 unspecified atom stereocenters. The molecule has 5 heteroatoms. The van der Waals surface area contributed by atoms with E-state index < -0.39 is 5.97 Å². The Balaban J connectivity index is 2.57. The molecule has 110 valence electrons. The smallest absolute Gasteiger partial charge is 0.340 e. The number of halogens is 2. The molecule has 3 nitrogen and oxygen atoms in total. The summed E-state index contributed by atoms with van der Waals surface area (Å²) in [5.41, 5.74) is 7.99. The van der Waals surface area contributed by atoms with Gasteiger partial charge in [-0.15, -0.1) is 0 Å². The summed E-state index contributed by atoms with van der Waals surface area (Å²) >= 11 is 12.3. The minimum Gasteiger partial charge on any atom is -0.459 e. The summed E-state index contributed by atoms with van der Waals surface area (Å²) in [6, 6.07) is 10.4. The van der Waals surface area contributed by atoms with E-state index in [1.54, 1.807) is 26.0 Å². The molecule has 0 bridgehead atoms. The molecule has 2 aromatic rings. The monoisotopic (exact) mass is 323 g/mol. The van der Waals surface area contributed by atoms with E-state index in [2.05, 4.69) is 0 Å². The quantitative estimate of drug-likeness (QED) is 0.651. The van der Waals surface area contributed by atoms with Gasteiger partial charge in [0.05, 0.1) is 17.4 Å². The number of nitrogens with two attached hydrogens (primary N) is 1. The van der Waals surface area contributed by atoms with Crippen molar-refractivity contribution < 1.29 is 9.53 Å². The van der Waals surface area contributed by atoms with Crippen LogP contribution in [-0.4, -0.2) is 12.1 Å². The SMILES string of the molecule is CC(C)OC(=O)c1cc(Cl)cc(-c2ccccc2Cl)c1N. The van der Waals surface area contributed by atoms with E-state index in [4.69, 9.17) is 33.7 Å². The molecule has 0 aliphatic rings. The highest BCUT2D eigenvalue weighted by Gasteiger charge is 2.18. The van der Waals surface area contributed by atoms with Crippen molar-refractivity contribution in [3.8, 4) is 11.1 Å². The third-order valence-corrected chi connectivity index (χ3v) is 3.42. The Morgan fingerprint density at radius 2 is 1.81 bits per heavy atom. The molecule has 21 heavy (non-hydrogen) atoms. The van der Waals surface area contributed by atoms with Crippen LogP contribution in [0.4, 0.5) is 5.69 Å². The molecule has 2 N–H and O–H groups in total. The number of rotatable bonds is 3. The third kappa shape index (κ3) is 3.49. The zero-order chi connectivity index (χ0) is 15.6. The number of esters is 1. The van der Waals surface area contributed by atoms with Gasteiger partial charge in [0, 0.05) is 21.2 Å². The van der Waals surface area contributed by atoms with Crippen LogP contribution in [0, 0.1) is 0 Å². The number of carbonyl (C=O) groups is 1. The standard InChI is InChI=1S/C16H15Cl2NO2/c1-9(2)21-16(20)13-8-10(17)7-12(15(13)19)11-5-3-4-6-14(11)18/h3-9H,19H2,1-2H3. The molecule has 0 atom stereocenters. The van der Waals surface area contributed by atoms with Crippen molar-refractivity contribution in [3.05, 3.63) is 52.0 Å². The van der Waals surface area contributed by atoms with E-state index in [-0.39, 0.29) is 11.7 Å². The van der Waals surface area contributed by atoms with Gasteiger partial charge in [-0.1, -0.05) is 41.4 Å². The average molecular weight is 324 g/mol. The third-order valence-electron chi connectivity index (χ3n) is 2.87. The van der Waals surface area contributed by atoms with Gasteiger partial charge in [-0.2, -0.15) is 0 Å². The van der Waals surface area contributed by atoms with Crippen molar-refractivity contribution in [2.24, 2.45) is 0 Å². The van der Waals surface area contributed by atoms with Crippen molar-refractivity contribution in [3.63, 3.8) is 0 Å². The number of carbonyl (C=O) groups excluding carboxylic acids is 1. The molecule has 0 amide bonds. The number of ether oxygens (including phenoxy) is 1. The topological polar surface area (TPSA) is 52.3 Å². The van der Waals surface area contributed by atoms with Crippen LogP contribution >= 0.6 is 23.2 Å². The van der Waals surface area contributed by atoms with Gasteiger partial charge in [0.15, 0.2) is 0 Å². The van der Waals surface area contributed by atoms with Gasteiger partial charge in [-0.05, 0) is 32.0 Å². The lowest BCUT2D eigenvalue weighted by Gasteiger charge is -2.14. The second-order valence-corrected chi connectivity index (χ2v) is 5.69. The van der Waals surface area contributed by atoms with Crippen LogP contribution in [0.1, 0.15) is 24.2 Å². The molecule has 0 saturated heterocycles. The summed E-state index contributed by atoms with van der Waals surface area (Å²) in [4.78, 5) is 12.1. The minimum absolute atomic E-state index is 0.236. The first kappa shape index (κ1) is 15.7. The molecule has 0 aliphatic heterocycles. The fraction of sp³-hybridized carbons (Fsp3) is 0.188. The van der Waals surface area contributed by atoms with Crippen LogP contribution < -0.4 is 5.73 Å². The van der Waals surface area contributed by atoms with Crippen LogP contribution in [0.15, 0.2) is 36.4 Å². The van der Waals surface area contributed by atoms with Crippen LogP contribution in [0.5, 0.6) is 0 Å². The maximum Gasteiger partial charge on any atom is 0.340 e. The summed E-state index contributed by atoms with van der Waals surface area (Å²) in [5.74, 6) is -0.502. The highest BCUT2D eigenvalue weighted by molar-refractivity contribution is 6.34. The summed E-state index contributed by atoms with van der Waals surface area (Å²) < 4.78 is 5.18. The first-order valence-electron chi connectivity index (χ1n) is 6.45. The summed E-state index contributed by atoms with van der Waals surface area (Å²) in [6.45, 7) is 3.54. The predicted molar refractivity (Wildman–Crippen MR) is 86.9 cm³/mol. The maximum atomic E-state index is 12.1. The largest absolute Gasteiger partial charge is 0.459 e. The van der Waals surface area contributed by atoms with Crippen molar-refractivity contribution in [1.82, 2.24) is 0 Å². The number of anilines is 1. The zero-order valence-electron chi connectivity index (χ0n) is 11.7. The van der Waals surface area contributed by atoms with E-state index in [1.165, 1.54) is 6.07 Å². The molecule has 0 saturated carbocycles. The number of benzene rings is 2. The fourth-order valence-electron chi connectivity index (χ4n) is 1.97. The first-order valence-corrected chi connectivity index (χ1v) is 7.20. The Morgan fingerprint density at radius 3 is 2.43 bits per heavy atom. The molecule has 0 aromatic heterocycles. The van der Waals surface area contributed by atoms with Gasteiger partial charge in [0.25, 0.3) is 0 Å². The van der Waals surface area contributed by atoms with Crippen LogP contribution in [0.3, 0.4) is 0 Å². The van der Waals surface area contributed by atoms with E-state index >= 15 is 0 Å². The lowest BCUT2D eigenvalue weighted by Crippen LogP contribution is -2.14. The average Bonchev–Trinajstić information content (AvgIpc) is 2.41. The Bertz CT molecular complexity index is 684. The number of hydrogen-bond donors (Lipinski definition) is 1. The second kappa shape index (κ2) is 6.37. The van der Waals surface area contributed by atoms with Crippen LogP contribution in [0.25, 0.3) is 11.1 Å². The lowest BCUT2D eigenvalue weighted by molar-refractivity contribution is 0.0379. The number of nitrogen functional groups attached to an aromatic ring is 1. The minimum atomic E-state index is -0.502. The summed E-state index contributed by atoms with van der Waals surface area (Å²) in [5, 5.41) is 0.935. The van der Waals surface area contributed by atoms with E-state index in [1.807, 2.05) is 18.2 Å². The molecule has 0 aliphatic carbocycles. The van der Waals surface area contributed by atoms with Gasteiger partial charge < -0.3 is 10.5 Å². The van der Waals surface area contributed by atoms with Gasteiger partial charge in [-0.3, -0.25) is 0 Å².